The van der Waals surface area contributed by atoms with E-state index in [2.05, 4.69) is 4.98 Å². The maximum atomic E-state index is 12.4. The van der Waals surface area contributed by atoms with Gasteiger partial charge in [0.25, 0.3) is 0 Å². The molecule has 1 aromatic rings. The first-order chi connectivity index (χ1) is 10.4. The van der Waals surface area contributed by atoms with Crippen LogP contribution >= 0.6 is 24.8 Å². The molecular weight excluding hydrogens is 375 g/mol. The predicted octanol–water partition coefficient (Wildman–Crippen LogP) is 0.741. The summed E-state index contributed by atoms with van der Waals surface area (Å²) in [4.78, 5) is 18.0. The minimum Gasteiger partial charge on any atom is -0.339 e. The van der Waals surface area contributed by atoms with Crippen LogP contribution in [0.3, 0.4) is 0 Å². The van der Waals surface area contributed by atoms with Gasteiger partial charge < -0.3 is 10.6 Å². The Labute approximate surface area is 155 Å². The zero-order valence-electron chi connectivity index (χ0n) is 13.7. The zero-order valence-corrected chi connectivity index (χ0v) is 16.1. The highest BCUT2D eigenvalue weighted by Gasteiger charge is 2.33. The number of hydrogen-bond donors (Lipinski definition) is 1. The van der Waals surface area contributed by atoms with Crippen LogP contribution < -0.4 is 5.73 Å². The molecular formula is C14H24Cl2N4O3S. The summed E-state index contributed by atoms with van der Waals surface area (Å²) in [5.41, 5.74) is 5.65. The number of amides is 1. The van der Waals surface area contributed by atoms with Crippen LogP contribution in [-0.2, 0) is 14.8 Å². The van der Waals surface area contributed by atoms with E-state index < -0.39 is 10.0 Å². The number of sulfonamides is 1. The molecule has 7 nitrogen and oxygen atoms in total. The number of halogens is 2. The lowest BCUT2D eigenvalue weighted by Gasteiger charge is -2.24. The zero-order chi connectivity index (χ0) is 16.3. The number of nitrogens with two attached hydrogens (primary N) is 1. The highest BCUT2D eigenvalue weighted by atomic mass is 35.5. The standard InChI is InChI=1S/C14H22N4O3S.2ClH/c1-11-6-12(7-15)9-18(11)14(19)10-17(2)22(20,21)13-4-3-5-16-8-13;;/h3-5,8,11-12H,6-7,9-10,15H2,1-2H3;2*1H. The number of carbonyl (C=O) groups is 1. The second-order valence-electron chi connectivity index (χ2n) is 5.68. The summed E-state index contributed by atoms with van der Waals surface area (Å²) in [5.74, 6) is 0.0950. The topological polar surface area (TPSA) is 96.6 Å². The molecule has 0 radical (unpaired) electrons. The molecule has 1 amide bonds. The Morgan fingerprint density at radius 3 is 2.62 bits per heavy atom. The SMILES string of the molecule is CC1CC(CN)CN1C(=O)CN(C)S(=O)(=O)c1cccnc1.Cl.Cl. The van der Waals surface area contributed by atoms with Gasteiger partial charge >= 0.3 is 0 Å². The third kappa shape index (κ3) is 5.03. The molecule has 24 heavy (non-hydrogen) atoms. The van der Waals surface area contributed by atoms with E-state index in [1.54, 1.807) is 11.0 Å². The molecule has 2 rings (SSSR count). The number of likely N-dealkylation sites (N-methyl/N-ethyl adjacent to an activating group) is 1. The largest absolute Gasteiger partial charge is 0.339 e. The van der Waals surface area contributed by atoms with E-state index >= 15 is 0 Å². The molecule has 2 heterocycles. The van der Waals surface area contributed by atoms with Crippen molar-refractivity contribution in [3.63, 3.8) is 0 Å². The summed E-state index contributed by atoms with van der Waals surface area (Å²) >= 11 is 0. The normalized spacial score (nSPS) is 20.4. The molecule has 0 aromatic carbocycles. The van der Waals surface area contributed by atoms with Crippen LogP contribution in [0.1, 0.15) is 13.3 Å². The average Bonchev–Trinajstić information content (AvgIpc) is 2.89. The van der Waals surface area contributed by atoms with Crippen molar-refractivity contribution in [3.05, 3.63) is 24.5 Å². The second-order valence-corrected chi connectivity index (χ2v) is 7.73. The molecule has 1 aliphatic heterocycles. The number of likely N-dealkylation sites (tertiary alicyclic amines) is 1. The molecule has 2 N–H and O–H groups in total. The van der Waals surface area contributed by atoms with E-state index in [4.69, 9.17) is 5.73 Å². The van der Waals surface area contributed by atoms with Crippen molar-refractivity contribution in [2.75, 3.05) is 26.7 Å². The fourth-order valence-electron chi connectivity index (χ4n) is 2.71. The maximum Gasteiger partial charge on any atom is 0.244 e. The van der Waals surface area contributed by atoms with E-state index in [0.29, 0.717) is 19.0 Å². The number of hydrogen-bond acceptors (Lipinski definition) is 5. The highest BCUT2D eigenvalue weighted by molar-refractivity contribution is 7.89. The van der Waals surface area contributed by atoms with E-state index in [1.165, 1.54) is 25.5 Å². The number of carbonyl (C=O) groups excluding carboxylic acids is 1. The van der Waals surface area contributed by atoms with Gasteiger partial charge in [0.05, 0.1) is 6.54 Å². The van der Waals surface area contributed by atoms with Crippen LogP contribution in [0.5, 0.6) is 0 Å². The average molecular weight is 399 g/mol. The maximum absolute atomic E-state index is 12.4. The van der Waals surface area contributed by atoms with Crippen molar-refractivity contribution in [3.8, 4) is 0 Å². The van der Waals surface area contributed by atoms with Crippen molar-refractivity contribution in [2.45, 2.75) is 24.3 Å². The quantitative estimate of drug-likeness (QED) is 0.788. The van der Waals surface area contributed by atoms with Crippen LogP contribution in [0.15, 0.2) is 29.4 Å². The van der Waals surface area contributed by atoms with Crippen LogP contribution in [-0.4, -0.2) is 61.2 Å². The minimum absolute atomic E-state index is 0. The Hall–Kier alpha value is -0.930. The van der Waals surface area contributed by atoms with Gasteiger partial charge in [-0.1, -0.05) is 0 Å². The molecule has 1 saturated heterocycles. The van der Waals surface area contributed by atoms with Crippen molar-refractivity contribution in [1.29, 1.82) is 0 Å². The van der Waals surface area contributed by atoms with Gasteiger partial charge in [-0.3, -0.25) is 9.78 Å². The third-order valence-electron chi connectivity index (χ3n) is 4.02. The van der Waals surface area contributed by atoms with Gasteiger partial charge in [0.15, 0.2) is 0 Å². The first-order valence-corrected chi connectivity index (χ1v) is 8.66. The third-order valence-corrected chi connectivity index (χ3v) is 5.80. The van der Waals surface area contributed by atoms with E-state index in [0.717, 1.165) is 10.7 Å². The number of nitrogens with zero attached hydrogens (tertiary/aromatic N) is 3. The molecule has 1 aliphatic rings. The van der Waals surface area contributed by atoms with Crippen LogP contribution in [0.2, 0.25) is 0 Å². The monoisotopic (exact) mass is 398 g/mol. The number of aromatic nitrogens is 1. The first-order valence-electron chi connectivity index (χ1n) is 7.22. The van der Waals surface area contributed by atoms with Gasteiger partial charge in [0.1, 0.15) is 4.90 Å². The van der Waals surface area contributed by atoms with Gasteiger partial charge in [-0.2, -0.15) is 4.31 Å². The predicted molar refractivity (Wildman–Crippen MR) is 96.9 cm³/mol. The van der Waals surface area contributed by atoms with Crippen LogP contribution in [0, 0.1) is 5.92 Å². The summed E-state index contributed by atoms with van der Waals surface area (Å²) < 4.78 is 25.8. The summed E-state index contributed by atoms with van der Waals surface area (Å²) in [6, 6.07) is 3.11. The van der Waals surface area contributed by atoms with Crippen molar-refractivity contribution in [2.24, 2.45) is 11.7 Å². The molecule has 0 spiro atoms. The Bertz CT molecular complexity index is 630. The van der Waals surface area contributed by atoms with E-state index in [1.807, 2.05) is 6.92 Å². The van der Waals surface area contributed by atoms with Gasteiger partial charge in [0.2, 0.25) is 15.9 Å². The molecule has 1 fully saturated rings. The minimum atomic E-state index is -3.70. The summed E-state index contributed by atoms with van der Waals surface area (Å²) in [6.07, 6.45) is 3.64. The first kappa shape index (κ1) is 23.1. The lowest BCUT2D eigenvalue weighted by molar-refractivity contribution is -0.131. The fraction of sp³-hybridized carbons (Fsp3) is 0.571. The fourth-order valence-corrected chi connectivity index (χ4v) is 3.79. The molecule has 10 heteroatoms. The van der Waals surface area contributed by atoms with E-state index in [-0.39, 0.29) is 48.2 Å². The number of rotatable bonds is 5. The van der Waals surface area contributed by atoms with Crippen molar-refractivity contribution in [1.82, 2.24) is 14.2 Å². The van der Waals surface area contributed by atoms with Crippen molar-refractivity contribution >= 4 is 40.7 Å². The molecule has 0 saturated carbocycles. The van der Waals surface area contributed by atoms with Gasteiger partial charge in [-0.25, -0.2) is 8.42 Å². The smallest absolute Gasteiger partial charge is 0.244 e. The molecule has 0 aliphatic carbocycles. The van der Waals surface area contributed by atoms with Crippen molar-refractivity contribution < 1.29 is 13.2 Å². The van der Waals surface area contributed by atoms with E-state index in [9.17, 15) is 13.2 Å². The Kier molecular flexibility index (Phi) is 9.16. The van der Waals surface area contributed by atoms with Gasteiger partial charge in [-0.15, -0.1) is 24.8 Å². The van der Waals surface area contributed by atoms with Gasteiger partial charge in [-0.05, 0) is 37.9 Å². The molecule has 2 unspecified atom stereocenters. The summed E-state index contributed by atoms with van der Waals surface area (Å²) in [6.45, 7) is 2.91. The molecule has 138 valence electrons. The molecule has 1 aromatic heterocycles. The highest BCUT2D eigenvalue weighted by Crippen LogP contribution is 2.22. The number of pyridine rings is 1. The van der Waals surface area contributed by atoms with Crippen LogP contribution in [0.4, 0.5) is 0 Å². The van der Waals surface area contributed by atoms with Crippen LogP contribution in [0.25, 0.3) is 0 Å². The Morgan fingerprint density at radius 1 is 1.46 bits per heavy atom. The Balaban J connectivity index is 0.00000264. The Morgan fingerprint density at radius 2 is 2.12 bits per heavy atom. The lowest BCUT2D eigenvalue weighted by Crippen LogP contribution is -2.42. The lowest BCUT2D eigenvalue weighted by atomic mass is 10.1. The van der Waals surface area contributed by atoms with Gasteiger partial charge in [0, 0.05) is 32.0 Å². The summed E-state index contributed by atoms with van der Waals surface area (Å²) in [5, 5.41) is 0. The second kappa shape index (κ2) is 9.53. The molecule has 2 atom stereocenters. The molecule has 0 bridgehead atoms. The summed E-state index contributed by atoms with van der Waals surface area (Å²) in [7, 11) is -2.30.